The van der Waals surface area contributed by atoms with Crippen molar-refractivity contribution in [1.29, 1.82) is 0 Å². The average molecular weight is 241 g/mol. The summed E-state index contributed by atoms with van der Waals surface area (Å²) < 4.78 is 0. The molecule has 0 saturated heterocycles. The van der Waals surface area contributed by atoms with Crippen LogP contribution in [0.2, 0.25) is 0 Å². The van der Waals surface area contributed by atoms with Gasteiger partial charge in [-0.1, -0.05) is 12.1 Å². The number of fused-ring (bicyclic) bond motifs is 3. The van der Waals surface area contributed by atoms with Crippen molar-refractivity contribution in [2.24, 2.45) is 17.6 Å². The fourth-order valence-corrected chi connectivity index (χ4v) is 4.09. The molecule has 1 aromatic carbocycles. The first-order valence-electron chi connectivity index (χ1n) is 6.95. The fourth-order valence-electron chi connectivity index (χ4n) is 4.09. The number of benzene rings is 1. The number of aromatic nitrogens is 2. The summed E-state index contributed by atoms with van der Waals surface area (Å²) in [6.45, 7) is 2.12. The van der Waals surface area contributed by atoms with Crippen molar-refractivity contribution >= 4 is 11.0 Å². The molecular weight excluding hydrogens is 222 g/mol. The number of rotatable bonds is 1. The van der Waals surface area contributed by atoms with E-state index >= 15 is 0 Å². The number of imidazole rings is 1. The fraction of sp³-hybridized carbons (Fsp3) is 0.533. The van der Waals surface area contributed by atoms with Crippen LogP contribution in [0, 0.1) is 18.8 Å². The van der Waals surface area contributed by atoms with E-state index in [-0.39, 0.29) is 0 Å². The summed E-state index contributed by atoms with van der Waals surface area (Å²) in [6.07, 6.45) is 3.96. The third-order valence-electron chi connectivity index (χ3n) is 5.03. The van der Waals surface area contributed by atoms with Crippen LogP contribution in [-0.2, 0) is 0 Å². The molecule has 2 saturated carbocycles. The second-order valence-electron chi connectivity index (χ2n) is 6.03. The molecule has 2 bridgehead atoms. The van der Waals surface area contributed by atoms with Gasteiger partial charge in [0, 0.05) is 12.0 Å². The number of nitrogens with one attached hydrogen (secondary N) is 1. The molecule has 3 nitrogen and oxygen atoms in total. The van der Waals surface area contributed by atoms with E-state index in [9.17, 15) is 0 Å². The Morgan fingerprint density at radius 1 is 1.28 bits per heavy atom. The van der Waals surface area contributed by atoms with Gasteiger partial charge >= 0.3 is 0 Å². The number of H-pyrrole nitrogens is 1. The maximum absolute atomic E-state index is 6.40. The molecule has 2 aliphatic rings. The van der Waals surface area contributed by atoms with Crippen LogP contribution in [0.4, 0.5) is 0 Å². The van der Waals surface area contributed by atoms with Crippen molar-refractivity contribution < 1.29 is 0 Å². The first kappa shape index (κ1) is 10.6. The zero-order valence-electron chi connectivity index (χ0n) is 10.7. The number of hydrogen-bond acceptors (Lipinski definition) is 2. The quantitative estimate of drug-likeness (QED) is 0.806. The normalized spacial score (nSPS) is 34.6. The zero-order chi connectivity index (χ0) is 12.3. The lowest BCUT2D eigenvalue weighted by molar-refractivity contribution is 0.356. The highest BCUT2D eigenvalue weighted by Gasteiger charge is 2.47. The number of nitrogens with zero attached hydrogens (tertiary/aromatic N) is 1. The lowest BCUT2D eigenvalue weighted by Crippen LogP contribution is -2.34. The first-order valence-corrected chi connectivity index (χ1v) is 6.95. The summed E-state index contributed by atoms with van der Waals surface area (Å²) in [5.41, 5.74) is 9.90. The predicted octanol–water partition coefficient (Wildman–Crippen LogP) is 2.71. The van der Waals surface area contributed by atoms with Crippen LogP contribution >= 0.6 is 0 Å². The van der Waals surface area contributed by atoms with E-state index in [0.717, 1.165) is 28.7 Å². The molecule has 18 heavy (non-hydrogen) atoms. The van der Waals surface area contributed by atoms with Crippen molar-refractivity contribution in [3.8, 4) is 0 Å². The summed E-state index contributed by atoms with van der Waals surface area (Å²) in [6, 6.07) is 6.62. The highest BCUT2D eigenvalue weighted by Crippen LogP contribution is 2.51. The molecule has 1 heterocycles. The van der Waals surface area contributed by atoms with Gasteiger partial charge in [-0.3, -0.25) is 0 Å². The van der Waals surface area contributed by atoms with Crippen LogP contribution in [0.25, 0.3) is 11.0 Å². The second kappa shape index (κ2) is 3.58. The Morgan fingerprint density at radius 3 is 2.83 bits per heavy atom. The molecule has 2 aromatic rings. The predicted molar refractivity (Wildman–Crippen MR) is 72.4 cm³/mol. The Balaban J connectivity index is 1.81. The summed E-state index contributed by atoms with van der Waals surface area (Å²) in [5, 5.41) is 0. The van der Waals surface area contributed by atoms with Gasteiger partial charge in [-0.15, -0.1) is 0 Å². The molecule has 4 unspecified atom stereocenters. The van der Waals surface area contributed by atoms with Crippen LogP contribution in [0.15, 0.2) is 18.2 Å². The van der Waals surface area contributed by atoms with Crippen molar-refractivity contribution in [3.63, 3.8) is 0 Å². The van der Waals surface area contributed by atoms with Gasteiger partial charge in [0.2, 0.25) is 0 Å². The SMILES string of the molecule is Cc1cccc2[nH]c(C3C4CCC(C4)C3N)nc12. The molecular formula is C15H19N3. The minimum Gasteiger partial charge on any atom is -0.342 e. The van der Waals surface area contributed by atoms with Gasteiger partial charge in [0.05, 0.1) is 11.0 Å². The molecule has 0 spiro atoms. The lowest BCUT2D eigenvalue weighted by atomic mass is 9.84. The van der Waals surface area contributed by atoms with Gasteiger partial charge in [0.25, 0.3) is 0 Å². The van der Waals surface area contributed by atoms with Crippen LogP contribution in [0.3, 0.4) is 0 Å². The van der Waals surface area contributed by atoms with E-state index in [4.69, 9.17) is 10.7 Å². The van der Waals surface area contributed by atoms with Crippen molar-refractivity contribution in [1.82, 2.24) is 9.97 Å². The molecule has 0 radical (unpaired) electrons. The van der Waals surface area contributed by atoms with Gasteiger partial charge in [-0.25, -0.2) is 4.98 Å². The Bertz CT molecular complexity index is 599. The van der Waals surface area contributed by atoms with Gasteiger partial charge in [-0.2, -0.15) is 0 Å². The smallest absolute Gasteiger partial charge is 0.112 e. The Kier molecular flexibility index (Phi) is 2.10. The molecule has 2 fully saturated rings. The molecule has 3 heteroatoms. The van der Waals surface area contributed by atoms with E-state index in [1.54, 1.807) is 0 Å². The topological polar surface area (TPSA) is 54.7 Å². The molecule has 94 valence electrons. The van der Waals surface area contributed by atoms with Gasteiger partial charge in [0.1, 0.15) is 5.82 Å². The van der Waals surface area contributed by atoms with E-state index in [2.05, 4.69) is 30.1 Å². The molecule has 4 rings (SSSR count). The standard InChI is InChI=1S/C15H19N3/c1-8-3-2-4-11-14(8)18-15(17-11)12-9-5-6-10(7-9)13(12)16/h2-4,9-10,12-13H,5-7,16H2,1H3,(H,17,18). The van der Waals surface area contributed by atoms with E-state index in [1.165, 1.54) is 24.8 Å². The minimum absolute atomic E-state index is 0.310. The van der Waals surface area contributed by atoms with Gasteiger partial charge in [-0.05, 0) is 49.7 Å². The third-order valence-corrected chi connectivity index (χ3v) is 5.03. The highest BCUT2D eigenvalue weighted by molar-refractivity contribution is 5.78. The Labute approximate surface area is 107 Å². The van der Waals surface area contributed by atoms with E-state index in [1.807, 2.05) is 0 Å². The lowest BCUT2D eigenvalue weighted by Gasteiger charge is -2.26. The van der Waals surface area contributed by atoms with Crippen LogP contribution in [-0.4, -0.2) is 16.0 Å². The van der Waals surface area contributed by atoms with Crippen molar-refractivity contribution in [2.75, 3.05) is 0 Å². The summed E-state index contributed by atoms with van der Waals surface area (Å²) in [7, 11) is 0. The highest BCUT2D eigenvalue weighted by atomic mass is 15.0. The molecule has 4 atom stereocenters. The summed E-state index contributed by atoms with van der Waals surface area (Å²) in [5.74, 6) is 3.06. The summed E-state index contributed by atoms with van der Waals surface area (Å²) >= 11 is 0. The minimum atomic E-state index is 0.310. The number of aromatic amines is 1. The van der Waals surface area contributed by atoms with Crippen LogP contribution in [0.1, 0.15) is 36.6 Å². The van der Waals surface area contributed by atoms with Crippen LogP contribution < -0.4 is 5.73 Å². The Hall–Kier alpha value is -1.35. The largest absolute Gasteiger partial charge is 0.342 e. The molecule has 2 aliphatic carbocycles. The molecule has 0 amide bonds. The Morgan fingerprint density at radius 2 is 2.11 bits per heavy atom. The van der Waals surface area contributed by atoms with E-state index < -0.39 is 0 Å². The van der Waals surface area contributed by atoms with E-state index in [0.29, 0.717) is 12.0 Å². The average Bonchev–Trinajstić information content (AvgIpc) is 3.01. The van der Waals surface area contributed by atoms with Crippen molar-refractivity contribution in [3.05, 3.63) is 29.6 Å². The monoisotopic (exact) mass is 241 g/mol. The summed E-state index contributed by atoms with van der Waals surface area (Å²) in [4.78, 5) is 8.33. The van der Waals surface area contributed by atoms with Gasteiger partial charge in [0.15, 0.2) is 0 Å². The molecule has 1 aromatic heterocycles. The maximum atomic E-state index is 6.40. The number of nitrogens with two attached hydrogens (primary N) is 1. The maximum Gasteiger partial charge on any atom is 0.112 e. The number of para-hydroxylation sites is 1. The third kappa shape index (κ3) is 1.31. The zero-order valence-corrected chi connectivity index (χ0v) is 10.7. The second-order valence-corrected chi connectivity index (χ2v) is 6.03. The number of aryl methyl sites for hydroxylation is 1. The number of hydrogen-bond donors (Lipinski definition) is 2. The van der Waals surface area contributed by atoms with Gasteiger partial charge < -0.3 is 10.7 Å². The van der Waals surface area contributed by atoms with Crippen molar-refractivity contribution in [2.45, 2.75) is 38.1 Å². The molecule has 0 aliphatic heterocycles. The first-order chi connectivity index (χ1) is 8.74. The van der Waals surface area contributed by atoms with Crippen LogP contribution in [0.5, 0.6) is 0 Å². The molecule has 3 N–H and O–H groups in total.